The van der Waals surface area contributed by atoms with E-state index < -0.39 is 5.91 Å². The minimum absolute atomic E-state index is 0.0750. The summed E-state index contributed by atoms with van der Waals surface area (Å²) in [5.41, 5.74) is 10.6. The summed E-state index contributed by atoms with van der Waals surface area (Å²) in [5.74, 6) is 0.00868. The van der Waals surface area contributed by atoms with Crippen LogP contribution < -0.4 is 11.2 Å². The standard InChI is InChI=1S/C13H18N2O2/c14-13(16)9-17-15-8-11-6-3-5-10-4-1-2-7-12(10)11/h1-2,4,7,11,15H,3,5-6,8-9H2,(H2,14,16). The molecule has 0 spiro atoms. The Bertz CT molecular complexity index is 393. The molecule has 1 aliphatic carbocycles. The number of hydrogen-bond donors (Lipinski definition) is 2. The Kier molecular flexibility index (Phi) is 4.12. The number of benzene rings is 1. The molecule has 0 saturated heterocycles. The van der Waals surface area contributed by atoms with Crippen LogP contribution in [0.5, 0.6) is 0 Å². The predicted molar refractivity (Wildman–Crippen MR) is 65.3 cm³/mol. The van der Waals surface area contributed by atoms with Gasteiger partial charge in [0.2, 0.25) is 5.91 Å². The fraction of sp³-hybridized carbons (Fsp3) is 0.462. The number of hydroxylamine groups is 1. The quantitative estimate of drug-likeness (QED) is 0.592. The van der Waals surface area contributed by atoms with Crippen LogP contribution in [0.2, 0.25) is 0 Å². The fourth-order valence-electron chi connectivity index (χ4n) is 2.35. The number of aryl methyl sites for hydroxylation is 1. The molecule has 4 nitrogen and oxygen atoms in total. The first-order valence-electron chi connectivity index (χ1n) is 5.98. The van der Waals surface area contributed by atoms with Crippen molar-refractivity contribution in [1.29, 1.82) is 0 Å². The summed E-state index contributed by atoms with van der Waals surface area (Å²) in [6.07, 6.45) is 3.53. The van der Waals surface area contributed by atoms with Crippen LogP contribution in [0.25, 0.3) is 0 Å². The van der Waals surface area contributed by atoms with Crippen LogP contribution in [0.1, 0.15) is 29.9 Å². The molecule has 2 rings (SSSR count). The molecule has 1 atom stereocenters. The third-order valence-corrected chi connectivity index (χ3v) is 3.14. The molecule has 3 N–H and O–H groups in total. The molecule has 1 aromatic rings. The summed E-state index contributed by atoms with van der Waals surface area (Å²) in [5, 5.41) is 0. The van der Waals surface area contributed by atoms with Crippen molar-refractivity contribution in [2.75, 3.05) is 13.2 Å². The normalized spacial score (nSPS) is 18.7. The highest BCUT2D eigenvalue weighted by Gasteiger charge is 2.19. The molecular formula is C13H18N2O2. The van der Waals surface area contributed by atoms with Gasteiger partial charge in [0.05, 0.1) is 0 Å². The van der Waals surface area contributed by atoms with Crippen LogP contribution in [-0.2, 0) is 16.1 Å². The third kappa shape index (κ3) is 3.28. The second kappa shape index (κ2) is 5.80. The maximum Gasteiger partial charge on any atom is 0.245 e. The molecule has 4 heteroatoms. The van der Waals surface area contributed by atoms with Gasteiger partial charge >= 0.3 is 0 Å². The van der Waals surface area contributed by atoms with E-state index >= 15 is 0 Å². The second-order valence-electron chi connectivity index (χ2n) is 4.39. The maximum absolute atomic E-state index is 10.5. The van der Waals surface area contributed by atoms with E-state index in [1.807, 2.05) is 0 Å². The van der Waals surface area contributed by atoms with Gasteiger partial charge in [-0.05, 0) is 36.3 Å². The molecule has 1 amide bonds. The van der Waals surface area contributed by atoms with Gasteiger partial charge in [-0.1, -0.05) is 24.3 Å². The summed E-state index contributed by atoms with van der Waals surface area (Å²) in [4.78, 5) is 15.5. The van der Waals surface area contributed by atoms with Crippen molar-refractivity contribution < 1.29 is 9.63 Å². The zero-order valence-corrected chi connectivity index (χ0v) is 9.82. The Morgan fingerprint density at radius 1 is 1.47 bits per heavy atom. The average Bonchev–Trinajstić information content (AvgIpc) is 2.34. The number of rotatable bonds is 5. The Morgan fingerprint density at radius 2 is 2.29 bits per heavy atom. The number of primary amides is 1. The lowest BCUT2D eigenvalue weighted by Gasteiger charge is -2.25. The molecule has 0 bridgehead atoms. The van der Waals surface area contributed by atoms with E-state index in [1.54, 1.807) is 0 Å². The SMILES string of the molecule is NC(=O)CONCC1CCCc2ccccc21. The molecule has 1 aliphatic rings. The minimum atomic E-state index is -0.457. The Morgan fingerprint density at radius 3 is 3.12 bits per heavy atom. The van der Waals surface area contributed by atoms with Crippen LogP contribution in [0.3, 0.4) is 0 Å². The average molecular weight is 234 g/mol. The van der Waals surface area contributed by atoms with E-state index in [-0.39, 0.29) is 6.61 Å². The van der Waals surface area contributed by atoms with Gasteiger partial charge in [0.1, 0.15) is 6.61 Å². The van der Waals surface area contributed by atoms with Crippen LogP contribution in [0, 0.1) is 0 Å². The van der Waals surface area contributed by atoms with Crippen LogP contribution >= 0.6 is 0 Å². The van der Waals surface area contributed by atoms with Gasteiger partial charge in [-0.15, -0.1) is 0 Å². The van der Waals surface area contributed by atoms with Crippen molar-refractivity contribution >= 4 is 5.91 Å². The fourth-order valence-corrected chi connectivity index (χ4v) is 2.35. The number of nitrogens with one attached hydrogen (secondary N) is 1. The van der Waals surface area contributed by atoms with E-state index in [2.05, 4.69) is 29.7 Å². The Balaban J connectivity index is 1.88. The molecule has 92 valence electrons. The molecule has 0 aromatic heterocycles. The third-order valence-electron chi connectivity index (χ3n) is 3.14. The molecule has 1 unspecified atom stereocenters. The zero-order chi connectivity index (χ0) is 12.1. The number of fused-ring (bicyclic) bond motifs is 1. The van der Waals surface area contributed by atoms with E-state index in [9.17, 15) is 4.79 Å². The number of nitrogens with two attached hydrogens (primary N) is 1. The zero-order valence-electron chi connectivity index (χ0n) is 9.82. The van der Waals surface area contributed by atoms with Gasteiger partial charge < -0.3 is 5.73 Å². The molecule has 0 heterocycles. The maximum atomic E-state index is 10.5. The molecule has 0 radical (unpaired) electrons. The summed E-state index contributed by atoms with van der Waals surface area (Å²) < 4.78 is 0. The van der Waals surface area contributed by atoms with E-state index in [0.29, 0.717) is 5.92 Å². The van der Waals surface area contributed by atoms with Gasteiger partial charge in [0.25, 0.3) is 0 Å². The Hall–Kier alpha value is -1.39. The van der Waals surface area contributed by atoms with Crippen molar-refractivity contribution in [2.24, 2.45) is 5.73 Å². The first-order valence-corrected chi connectivity index (χ1v) is 5.98. The molecular weight excluding hydrogens is 216 g/mol. The predicted octanol–water partition coefficient (Wildman–Crippen LogP) is 1.11. The first kappa shape index (κ1) is 12.1. The number of carbonyl (C=O) groups is 1. The highest BCUT2D eigenvalue weighted by molar-refractivity contribution is 5.74. The number of amides is 1. The van der Waals surface area contributed by atoms with Gasteiger partial charge in [0, 0.05) is 6.54 Å². The van der Waals surface area contributed by atoms with Crippen molar-refractivity contribution in [3.05, 3.63) is 35.4 Å². The lowest BCUT2D eigenvalue weighted by atomic mass is 9.83. The topological polar surface area (TPSA) is 64.4 Å². The van der Waals surface area contributed by atoms with E-state index in [0.717, 1.165) is 19.4 Å². The lowest BCUT2D eigenvalue weighted by Crippen LogP contribution is -2.29. The minimum Gasteiger partial charge on any atom is -0.368 e. The van der Waals surface area contributed by atoms with Gasteiger partial charge in [-0.25, -0.2) is 5.48 Å². The smallest absolute Gasteiger partial charge is 0.245 e. The van der Waals surface area contributed by atoms with Crippen LogP contribution in [-0.4, -0.2) is 19.1 Å². The molecule has 1 aromatic carbocycles. The van der Waals surface area contributed by atoms with Crippen molar-refractivity contribution in [2.45, 2.75) is 25.2 Å². The highest BCUT2D eigenvalue weighted by Crippen LogP contribution is 2.30. The Labute approximate surface area is 101 Å². The van der Waals surface area contributed by atoms with Crippen LogP contribution in [0.15, 0.2) is 24.3 Å². The van der Waals surface area contributed by atoms with Gasteiger partial charge in [-0.3, -0.25) is 9.63 Å². The van der Waals surface area contributed by atoms with E-state index in [1.165, 1.54) is 17.5 Å². The van der Waals surface area contributed by atoms with Crippen molar-refractivity contribution in [1.82, 2.24) is 5.48 Å². The molecule has 0 aliphatic heterocycles. The molecule has 17 heavy (non-hydrogen) atoms. The number of hydrogen-bond acceptors (Lipinski definition) is 3. The molecule has 0 fully saturated rings. The van der Waals surface area contributed by atoms with Crippen molar-refractivity contribution in [3.63, 3.8) is 0 Å². The van der Waals surface area contributed by atoms with Crippen molar-refractivity contribution in [3.8, 4) is 0 Å². The van der Waals surface area contributed by atoms with Gasteiger partial charge in [0.15, 0.2) is 0 Å². The summed E-state index contributed by atoms with van der Waals surface area (Å²) in [6.45, 7) is 0.651. The monoisotopic (exact) mass is 234 g/mol. The lowest BCUT2D eigenvalue weighted by molar-refractivity contribution is -0.125. The second-order valence-corrected chi connectivity index (χ2v) is 4.39. The first-order chi connectivity index (χ1) is 8.27. The highest BCUT2D eigenvalue weighted by atomic mass is 16.6. The molecule has 0 saturated carbocycles. The van der Waals surface area contributed by atoms with Crippen LogP contribution in [0.4, 0.5) is 0 Å². The van der Waals surface area contributed by atoms with Gasteiger partial charge in [-0.2, -0.15) is 0 Å². The summed E-state index contributed by atoms with van der Waals surface area (Å²) >= 11 is 0. The number of carbonyl (C=O) groups excluding carboxylic acids is 1. The van der Waals surface area contributed by atoms with E-state index in [4.69, 9.17) is 10.6 Å². The summed E-state index contributed by atoms with van der Waals surface area (Å²) in [7, 11) is 0. The largest absolute Gasteiger partial charge is 0.368 e. The summed E-state index contributed by atoms with van der Waals surface area (Å²) in [6, 6.07) is 8.51.